The molecule has 0 aromatic heterocycles. The Morgan fingerprint density at radius 2 is 1.04 bits per heavy atom. The zero-order chi connectivity index (χ0) is 54.8. The predicted molar refractivity (Wildman–Crippen MR) is 243 cm³/mol. The predicted octanol–water partition coefficient (Wildman–Crippen LogP) is -3.78. The van der Waals surface area contributed by atoms with Gasteiger partial charge >= 0.3 is 23.9 Å². The van der Waals surface area contributed by atoms with Gasteiger partial charge in [-0.25, -0.2) is 9.59 Å². The summed E-state index contributed by atoms with van der Waals surface area (Å²) in [6.07, 6.45) is -25.5. The largest absolute Gasteiger partial charge is 0.508 e. The Morgan fingerprint density at radius 1 is 0.587 bits per heavy atom. The monoisotopic (exact) mass is 1070 g/mol. The van der Waals surface area contributed by atoms with Gasteiger partial charge in [0.2, 0.25) is 12.6 Å². The molecule has 0 aliphatic carbocycles. The number of aliphatic hydroxyl groups excluding tert-OH is 10. The molecule has 0 radical (unpaired) electrons. The number of phenolic OH excluding ortho intramolecular Hbond substituents is 1. The van der Waals surface area contributed by atoms with Crippen LogP contribution in [0.15, 0.2) is 71.2 Å². The highest BCUT2D eigenvalue weighted by Gasteiger charge is 2.51. The summed E-state index contributed by atoms with van der Waals surface area (Å²) in [7, 11) is 2.13. The molecular weight excluding hydrogens is 1010 g/mol. The van der Waals surface area contributed by atoms with Crippen LogP contribution in [0.25, 0.3) is 0 Å². The Morgan fingerprint density at radius 3 is 1.49 bits per heavy atom. The summed E-state index contributed by atoms with van der Waals surface area (Å²) in [5, 5.41) is 114. The zero-order valence-electron chi connectivity index (χ0n) is 41.0. The van der Waals surface area contributed by atoms with Gasteiger partial charge in [-0.3, -0.25) is 9.59 Å². The molecule has 5 aliphatic rings. The first-order chi connectivity index (χ1) is 35.8. The Hall–Kier alpha value is -5.18. The molecule has 3 fully saturated rings. The molecule has 11 N–H and O–H groups in total. The van der Waals surface area contributed by atoms with Gasteiger partial charge < -0.3 is 113 Å². The Bertz CT molecular complexity index is 2230. The minimum Gasteiger partial charge on any atom is -0.508 e. The highest BCUT2D eigenvalue weighted by molar-refractivity contribution is 5.91. The van der Waals surface area contributed by atoms with Crippen molar-refractivity contribution in [3.8, 4) is 5.75 Å². The van der Waals surface area contributed by atoms with Crippen LogP contribution in [0.4, 0.5) is 0 Å². The first-order valence-electron chi connectivity index (χ1n) is 23.7. The van der Waals surface area contributed by atoms with Crippen LogP contribution < -0.4 is 0 Å². The molecule has 27 nitrogen and oxygen atoms in total. The van der Waals surface area contributed by atoms with Crippen LogP contribution >= 0.6 is 0 Å². The summed E-state index contributed by atoms with van der Waals surface area (Å²) in [4.78, 5) is 54.1. The third kappa shape index (κ3) is 13.7. The number of allylic oxidation sites excluding steroid dienone is 2. The Labute approximate surface area is 428 Å². The summed E-state index contributed by atoms with van der Waals surface area (Å²) < 4.78 is 66.8. The van der Waals surface area contributed by atoms with Crippen molar-refractivity contribution in [2.24, 2.45) is 11.8 Å². The summed E-state index contributed by atoms with van der Waals surface area (Å²) >= 11 is 0. The van der Waals surface area contributed by atoms with Crippen LogP contribution in [0.2, 0.25) is 0 Å². The van der Waals surface area contributed by atoms with E-state index in [9.17, 15) is 75.3 Å². The SMILES string of the molecule is CC=C1C(OC2OC(CO)C(O)C(O)C2O)OC=C(C(=O)OC)C1CC(=O)OCC1OC(OCCc2ccc(O)cc2)C(O)C(O)C1OC(=O)CC1C(C(=O)OC)=COC(OC2OC(CO)C(O)C(O)C2O)C1=CC. The minimum atomic E-state index is -2.00. The molecule has 1 aromatic carbocycles. The van der Waals surface area contributed by atoms with Crippen LogP contribution in [0.5, 0.6) is 5.75 Å². The lowest BCUT2D eigenvalue weighted by molar-refractivity contribution is -0.327. The number of hydrogen-bond acceptors (Lipinski definition) is 27. The fraction of sp³-hybridized carbons (Fsp3) is 0.625. The van der Waals surface area contributed by atoms with Crippen molar-refractivity contribution in [1.82, 2.24) is 0 Å². The lowest BCUT2D eigenvalue weighted by Crippen LogP contribution is -2.61. The molecule has 6 rings (SSSR count). The normalized spacial score (nSPS) is 37.1. The van der Waals surface area contributed by atoms with E-state index in [-0.39, 0.29) is 41.1 Å². The fourth-order valence-electron chi connectivity index (χ4n) is 8.90. The summed E-state index contributed by atoms with van der Waals surface area (Å²) in [5.74, 6) is -6.59. The van der Waals surface area contributed by atoms with Crippen molar-refractivity contribution in [1.29, 1.82) is 0 Å². The Balaban J connectivity index is 1.21. The number of aliphatic hydroxyl groups is 10. The van der Waals surface area contributed by atoms with E-state index in [1.54, 1.807) is 12.1 Å². The number of methoxy groups -OCH3 is 2. The minimum absolute atomic E-state index is 0.0156. The number of ether oxygens (including phenoxy) is 12. The smallest absolute Gasteiger partial charge is 0.337 e. The molecule has 0 amide bonds. The van der Waals surface area contributed by atoms with Crippen LogP contribution in [0.3, 0.4) is 0 Å². The van der Waals surface area contributed by atoms with Crippen molar-refractivity contribution in [2.45, 2.75) is 138 Å². The average molecular weight is 1070 g/mol. The summed E-state index contributed by atoms with van der Waals surface area (Å²) in [6, 6.07) is 6.13. The molecule has 3 saturated heterocycles. The number of phenols is 1. The van der Waals surface area contributed by atoms with E-state index >= 15 is 0 Å². The van der Waals surface area contributed by atoms with Crippen molar-refractivity contribution in [2.75, 3.05) is 40.6 Å². The molecule has 1 aromatic rings. The number of esters is 4. The molecule has 0 saturated carbocycles. The van der Waals surface area contributed by atoms with E-state index in [0.29, 0.717) is 5.56 Å². The van der Waals surface area contributed by atoms with Gasteiger partial charge in [-0.05, 0) is 38.0 Å². The molecule has 5 aliphatic heterocycles. The maximum atomic E-state index is 14.1. The van der Waals surface area contributed by atoms with Crippen molar-refractivity contribution >= 4 is 23.9 Å². The highest BCUT2D eigenvalue weighted by Crippen LogP contribution is 2.39. The number of carbonyl (C=O) groups is 4. The first kappa shape index (κ1) is 59.1. The van der Waals surface area contributed by atoms with Gasteiger partial charge in [-0.15, -0.1) is 0 Å². The highest BCUT2D eigenvalue weighted by atomic mass is 16.8. The number of rotatable bonds is 19. The molecule has 0 spiro atoms. The second-order valence-electron chi connectivity index (χ2n) is 17.8. The van der Waals surface area contributed by atoms with Crippen LogP contribution in [-0.4, -0.2) is 225 Å². The first-order valence-corrected chi connectivity index (χ1v) is 23.7. The molecule has 19 unspecified atom stereocenters. The third-order valence-electron chi connectivity index (χ3n) is 13.1. The van der Waals surface area contributed by atoms with Crippen molar-refractivity contribution in [3.63, 3.8) is 0 Å². The molecule has 5 heterocycles. The molecule has 19 atom stereocenters. The zero-order valence-corrected chi connectivity index (χ0v) is 41.0. The summed E-state index contributed by atoms with van der Waals surface area (Å²) in [6.45, 7) is 0.509. The van der Waals surface area contributed by atoms with Gasteiger partial charge in [0.1, 0.15) is 79.5 Å². The van der Waals surface area contributed by atoms with E-state index in [0.717, 1.165) is 26.7 Å². The lowest BCUT2D eigenvalue weighted by Gasteiger charge is -2.42. The number of benzene rings is 1. The fourth-order valence-corrected chi connectivity index (χ4v) is 8.90. The van der Waals surface area contributed by atoms with Gasteiger partial charge in [-0.2, -0.15) is 0 Å². The van der Waals surface area contributed by atoms with Gasteiger partial charge in [0.25, 0.3) is 0 Å². The van der Waals surface area contributed by atoms with Gasteiger partial charge in [-0.1, -0.05) is 24.3 Å². The van der Waals surface area contributed by atoms with E-state index in [1.807, 2.05) is 0 Å². The van der Waals surface area contributed by atoms with Gasteiger partial charge in [0, 0.05) is 23.0 Å². The Kier molecular flexibility index (Phi) is 21.1. The quantitative estimate of drug-likeness (QED) is 0.0360. The lowest BCUT2D eigenvalue weighted by atomic mass is 9.86. The summed E-state index contributed by atoms with van der Waals surface area (Å²) in [5.41, 5.74) is 0.407. The standard InChI is InChI=1S/C48H64O27/c1-5-22-24(26(42(62)64-3)17-68-44(22)74-47-38(59)35(56)33(54)28(15-49)70-47)13-31(52)67-19-30-41(37(58)40(61)46(72-30)66-12-11-20-7-9-21(51)10-8-20)73-32(53)14-25-23(6-2)45(69-18-27(25)43(63)65-4)75-48-39(60)36(57)34(55)29(16-50)71-48/h5-10,17-18,24-25,28-30,33-41,44-51,54-61H,11-16,19H2,1-4H3. The van der Waals surface area contributed by atoms with Crippen LogP contribution in [-0.2, 0) is 82.4 Å². The molecule has 27 heteroatoms. The van der Waals surface area contributed by atoms with E-state index in [1.165, 1.54) is 38.1 Å². The van der Waals surface area contributed by atoms with Crippen molar-refractivity contribution < 1.29 is 132 Å². The van der Waals surface area contributed by atoms with Crippen molar-refractivity contribution in [3.05, 3.63) is 76.8 Å². The third-order valence-corrected chi connectivity index (χ3v) is 13.1. The maximum Gasteiger partial charge on any atom is 0.337 e. The molecule has 0 bridgehead atoms. The van der Waals surface area contributed by atoms with E-state index in [2.05, 4.69) is 0 Å². The topological polar surface area (TPSA) is 402 Å². The van der Waals surface area contributed by atoms with Crippen LogP contribution in [0, 0.1) is 11.8 Å². The maximum absolute atomic E-state index is 14.1. The second kappa shape index (κ2) is 26.7. The second-order valence-corrected chi connectivity index (χ2v) is 17.8. The number of aromatic hydroxyl groups is 1. The van der Waals surface area contributed by atoms with Gasteiger partial charge in [0.05, 0.1) is 70.6 Å². The number of carbonyl (C=O) groups excluding carboxylic acids is 4. The molecule has 75 heavy (non-hydrogen) atoms. The van der Waals surface area contributed by atoms with E-state index in [4.69, 9.17) is 56.8 Å². The number of hydrogen-bond donors (Lipinski definition) is 11. The molecule has 418 valence electrons. The van der Waals surface area contributed by atoms with Gasteiger partial charge in [0.15, 0.2) is 25.0 Å². The molecular formula is C48H64O27. The average Bonchev–Trinajstić information content (AvgIpc) is 3.40. The van der Waals surface area contributed by atoms with Crippen LogP contribution in [0.1, 0.15) is 32.3 Å². The van der Waals surface area contributed by atoms with E-state index < -0.39 is 173 Å².